The molecule has 0 amide bonds. The molecule has 2 heterocycles. The molecule has 1 atom stereocenters. The third kappa shape index (κ3) is 2.27. The molecule has 0 bridgehead atoms. The van der Waals surface area contributed by atoms with Crippen LogP contribution in [0.3, 0.4) is 0 Å². The summed E-state index contributed by atoms with van der Waals surface area (Å²) >= 11 is 0. The number of nitrogens with zero attached hydrogens (tertiary/aromatic N) is 2. The lowest BCUT2D eigenvalue weighted by Crippen LogP contribution is -2.29. The van der Waals surface area contributed by atoms with E-state index in [1.54, 1.807) is 6.20 Å². The van der Waals surface area contributed by atoms with Crippen LogP contribution in [0.25, 0.3) is 10.8 Å². The van der Waals surface area contributed by atoms with Gasteiger partial charge in [-0.2, -0.15) is 0 Å². The van der Waals surface area contributed by atoms with E-state index < -0.39 is 0 Å². The molecule has 3 aromatic rings. The topological polar surface area (TPSA) is 63.8 Å². The lowest BCUT2D eigenvalue weighted by molar-refractivity contribution is 0.637. The zero-order chi connectivity index (χ0) is 13.9. The minimum Gasteiger partial charge on any atom is -0.271 e. The summed E-state index contributed by atoms with van der Waals surface area (Å²) in [4.78, 5) is 8.55. The van der Waals surface area contributed by atoms with Crippen molar-refractivity contribution in [2.24, 2.45) is 5.84 Å². The zero-order valence-corrected chi connectivity index (χ0v) is 11.2. The van der Waals surface area contributed by atoms with Crippen LogP contribution in [0.1, 0.15) is 22.9 Å². The molecule has 0 aliphatic heterocycles. The summed E-state index contributed by atoms with van der Waals surface area (Å²) in [5.74, 6) is 5.78. The highest BCUT2D eigenvalue weighted by atomic mass is 15.2. The highest BCUT2D eigenvalue weighted by Gasteiger charge is 2.15. The molecule has 3 rings (SSSR count). The molecule has 3 N–H and O–H groups in total. The van der Waals surface area contributed by atoms with Gasteiger partial charge in [0.15, 0.2) is 0 Å². The highest BCUT2D eigenvalue weighted by molar-refractivity contribution is 5.85. The van der Waals surface area contributed by atoms with Gasteiger partial charge in [-0.25, -0.2) is 5.43 Å². The third-order valence-electron chi connectivity index (χ3n) is 3.43. The molecule has 0 fully saturated rings. The minimum atomic E-state index is -0.102. The van der Waals surface area contributed by atoms with Crippen molar-refractivity contribution in [1.82, 2.24) is 15.4 Å². The van der Waals surface area contributed by atoms with E-state index in [-0.39, 0.29) is 6.04 Å². The maximum atomic E-state index is 5.78. The lowest BCUT2D eigenvalue weighted by Gasteiger charge is -2.18. The average molecular weight is 264 g/mol. The Balaban J connectivity index is 2.17. The number of nitrogens with two attached hydrogens (primary N) is 1. The second kappa shape index (κ2) is 5.36. The fourth-order valence-electron chi connectivity index (χ4n) is 2.48. The molecular weight excluding hydrogens is 248 g/mol. The smallest absolute Gasteiger partial charge is 0.0732 e. The van der Waals surface area contributed by atoms with Crippen LogP contribution in [0, 0.1) is 6.92 Å². The zero-order valence-electron chi connectivity index (χ0n) is 11.2. The highest BCUT2D eigenvalue weighted by Crippen LogP contribution is 2.27. The quantitative estimate of drug-likeness (QED) is 0.563. The van der Waals surface area contributed by atoms with Gasteiger partial charge in [0.2, 0.25) is 0 Å². The van der Waals surface area contributed by atoms with Crippen molar-refractivity contribution in [1.29, 1.82) is 0 Å². The number of rotatable bonds is 3. The van der Waals surface area contributed by atoms with E-state index in [1.807, 2.05) is 43.6 Å². The number of aromatic nitrogens is 2. The van der Waals surface area contributed by atoms with Crippen LogP contribution < -0.4 is 11.3 Å². The van der Waals surface area contributed by atoms with Crippen LogP contribution >= 0.6 is 0 Å². The molecule has 0 spiro atoms. The van der Waals surface area contributed by atoms with Gasteiger partial charge in [-0.05, 0) is 30.0 Å². The summed E-state index contributed by atoms with van der Waals surface area (Å²) < 4.78 is 0. The fourth-order valence-corrected chi connectivity index (χ4v) is 2.48. The summed E-state index contributed by atoms with van der Waals surface area (Å²) in [5.41, 5.74) is 6.00. The molecule has 2 aromatic heterocycles. The van der Waals surface area contributed by atoms with Gasteiger partial charge in [0, 0.05) is 35.2 Å². The Bertz CT molecular complexity index is 734. The predicted octanol–water partition coefficient (Wildman–Crippen LogP) is 2.49. The van der Waals surface area contributed by atoms with E-state index in [2.05, 4.69) is 27.5 Å². The maximum absolute atomic E-state index is 5.78. The first-order chi connectivity index (χ1) is 9.79. The summed E-state index contributed by atoms with van der Waals surface area (Å²) in [6.07, 6.45) is 5.53. The fraction of sp³-hybridized carbons (Fsp3) is 0.125. The van der Waals surface area contributed by atoms with Crippen LogP contribution in [0.5, 0.6) is 0 Å². The Kier molecular flexibility index (Phi) is 3.41. The van der Waals surface area contributed by atoms with E-state index in [4.69, 9.17) is 5.84 Å². The van der Waals surface area contributed by atoms with Crippen LogP contribution in [-0.4, -0.2) is 9.97 Å². The van der Waals surface area contributed by atoms with Gasteiger partial charge in [-0.1, -0.05) is 24.3 Å². The van der Waals surface area contributed by atoms with Crippen LogP contribution in [-0.2, 0) is 0 Å². The molecule has 0 saturated carbocycles. The van der Waals surface area contributed by atoms with Crippen molar-refractivity contribution >= 4 is 10.8 Å². The Hall–Kier alpha value is -2.30. The number of hydrogen-bond acceptors (Lipinski definition) is 4. The number of pyridine rings is 2. The summed E-state index contributed by atoms with van der Waals surface area (Å²) in [6.45, 7) is 1.97. The molecule has 100 valence electrons. The molecule has 0 aliphatic carbocycles. The average Bonchev–Trinajstić information content (AvgIpc) is 2.48. The van der Waals surface area contributed by atoms with E-state index in [1.165, 1.54) is 0 Å². The summed E-state index contributed by atoms with van der Waals surface area (Å²) in [5, 5.41) is 2.26. The van der Waals surface area contributed by atoms with E-state index >= 15 is 0 Å². The Morgan fingerprint density at radius 2 is 2.00 bits per heavy atom. The Labute approximate surface area is 117 Å². The standard InChI is InChI=1S/C16H16N4/c1-11-8-12(6-7-19-11)16(20-17)15-10-18-9-13-4-2-3-5-14(13)15/h2-10,16,20H,17H2,1H3. The molecule has 1 unspecified atom stereocenters. The van der Waals surface area contributed by atoms with E-state index in [0.29, 0.717) is 0 Å². The summed E-state index contributed by atoms with van der Waals surface area (Å²) in [7, 11) is 0. The van der Waals surface area contributed by atoms with Crippen LogP contribution in [0.2, 0.25) is 0 Å². The number of hydrazine groups is 1. The number of benzene rings is 1. The van der Waals surface area contributed by atoms with Crippen LogP contribution in [0.15, 0.2) is 55.0 Å². The van der Waals surface area contributed by atoms with Crippen molar-refractivity contribution < 1.29 is 0 Å². The normalized spacial score (nSPS) is 12.5. The SMILES string of the molecule is Cc1cc(C(NN)c2cncc3ccccc23)ccn1. The molecule has 0 saturated heterocycles. The van der Waals surface area contributed by atoms with Crippen molar-refractivity contribution in [3.8, 4) is 0 Å². The predicted molar refractivity (Wildman–Crippen MR) is 79.9 cm³/mol. The van der Waals surface area contributed by atoms with Gasteiger partial charge in [0.25, 0.3) is 0 Å². The van der Waals surface area contributed by atoms with Gasteiger partial charge in [-0.15, -0.1) is 0 Å². The maximum Gasteiger partial charge on any atom is 0.0732 e. The van der Waals surface area contributed by atoms with Gasteiger partial charge in [0.1, 0.15) is 0 Å². The lowest BCUT2D eigenvalue weighted by atomic mass is 9.96. The minimum absolute atomic E-state index is 0.102. The molecule has 0 radical (unpaired) electrons. The van der Waals surface area contributed by atoms with Crippen molar-refractivity contribution in [3.63, 3.8) is 0 Å². The second-order valence-corrected chi connectivity index (χ2v) is 4.78. The monoisotopic (exact) mass is 264 g/mol. The van der Waals surface area contributed by atoms with Gasteiger partial charge >= 0.3 is 0 Å². The van der Waals surface area contributed by atoms with Crippen molar-refractivity contribution in [3.05, 3.63) is 71.8 Å². The number of nitrogens with one attached hydrogen (secondary N) is 1. The van der Waals surface area contributed by atoms with Crippen molar-refractivity contribution in [2.75, 3.05) is 0 Å². The number of aryl methyl sites for hydroxylation is 1. The Morgan fingerprint density at radius 1 is 1.15 bits per heavy atom. The first-order valence-corrected chi connectivity index (χ1v) is 6.51. The van der Waals surface area contributed by atoms with Gasteiger partial charge < -0.3 is 0 Å². The summed E-state index contributed by atoms with van der Waals surface area (Å²) in [6, 6.07) is 12.1. The Morgan fingerprint density at radius 3 is 2.80 bits per heavy atom. The van der Waals surface area contributed by atoms with E-state index in [0.717, 1.165) is 27.6 Å². The van der Waals surface area contributed by atoms with E-state index in [9.17, 15) is 0 Å². The first-order valence-electron chi connectivity index (χ1n) is 6.51. The van der Waals surface area contributed by atoms with Crippen molar-refractivity contribution in [2.45, 2.75) is 13.0 Å². The second-order valence-electron chi connectivity index (χ2n) is 4.78. The van der Waals surface area contributed by atoms with Gasteiger partial charge in [-0.3, -0.25) is 15.8 Å². The number of fused-ring (bicyclic) bond motifs is 1. The molecule has 4 nitrogen and oxygen atoms in total. The van der Waals surface area contributed by atoms with Gasteiger partial charge in [0.05, 0.1) is 6.04 Å². The molecule has 0 aliphatic rings. The largest absolute Gasteiger partial charge is 0.271 e. The first kappa shape index (κ1) is 12.7. The number of hydrogen-bond donors (Lipinski definition) is 2. The third-order valence-corrected chi connectivity index (χ3v) is 3.43. The molecule has 1 aromatic carbocycles. The molecule has 20 heavy (non-hydrogen) atoms. The molecular formula is C16H16N4. The molecule has 4 heteroatoms. The van der Waals surface area contributed by atoms with Crippen LogP contribution in [0.4, 0.5) is 0 Å².